The fourth-order valence-corrected chi connectivity index (χ4v) is 4.87. The molecule has 4 N–H and O–H groups in total. The summed E-state index contributed by atoms with van der Waals surface area (Å²) >= 11 is 0. The molecule has 0 spiro atoms. The quantitative estimate of drug-likeness (QED) is 0.440. The SMILES string of the molecule is CC(=O)OC1=C2C(=O)c3c(O)ccc(N(C)C)c3CC2Cc2cc(OC(C)=O)c(C(N)=O)c(O)c21. The molecule has 10 heteroatoms. The fourth-order valence-electron chi connectivity index (χ4n) is 4.87. The van der Waals surface area contributed by atoms with Gasteiger partial charge < -0.3 is 30.3 Å². The number of benzene rings is 2. The number of amides is 1. The van der Waals surface area contributed by atoms with Gasteiger partial charge in [0, 0.05) is 39.2 Å². The van der Waals surface area contributed by atoms with E-state index in [9.17, 15) is 29.4 Å². The van der Waals surface area contributed by atoms with E-state index in [4.69, 9.17) is 15.2 Å². The number of hydrogen-bond donors (Lipinski definition) is 3. The number of carbonyl (C=O) groups is 4. The molecule has 2 aromatic rings. The van der Waals surface area contributed by atoms with Crippen LogP contribution in [0.3, 0.4) is 0 Å². The lowest BCUT2D eigenvalue weighted by Gasteiger charge is -2.35. The van der Waals surface area contributed by atoms with Crippen molar-refractivity contribution < 1.29 is 38.9 Å². The van der Waals surface area contributed by atoms with E-state index < -0.39 is 40.9 Å². The van der Waals surface area contributed by atoms with Crippen LogP contribution in [-0.4, -0.2) is 47.9 Å². The number of esters is 2. The molecule has 35 heavy (non-hydrogen) atoms. The normalized spacial score (nSPS) is 16.1. The zero-order valence-electron chi connectivity index (χ0n) is 19.6. The second kappa shape index (κ2) is 8.46. The predicted octanol–water partition coefficient (Wildman–Crippen LogP) is 2.07. The first-order valence-corrected chi connectivity index (χ1v) is 10.8. The Kier molecular flexibility index (Phi) is 5.75. The summed E-state index contributed by atoms with van der Waals surface area (Å²) in [6, 6.07) is 4.51. The minimum Gasteiger partial charge on any atom is -0.507 e. The van der Waals surface area contributed by atoms with Crippen molar-refractivity contribution in [1.29, 1.82) is 0 Å². The lowest BCUT2D eigenvalue weighted by molar-refractivity contribution is -0.134. The average molecular weight is 480 g/mol. The standard InChI is InChI=1S/C25H24N2O8/c1-10(28)34-17-9-13-7-12-8-14-15(27(3)4)5-6-16(30)20(14)22(31)18(12)24(35-11(2)29)19(13)23(32)21(17)25(26)33/h5-6,9,12,30,32H,7-8H2,1-4H3,(H2,26,33). The van der Waals surface area contributed by atoms with Crippen LogP contribution in [0.15, 0.2) is 23.8 Å². The zero-order chi connectivity index (χ0) is 25.8. The topological polar surface area (TPSA) is 156 Å². The third-order valence-electron chi connectivity index (χ3n) is 6.11. The number of rotatable bonds is 4. The number of allylic oxidation sites excluding steroid dienone is 1. The van der Waals surface area contributed by atoms with Crippen LogP contribution in [0.2, 0.25) is 0 Å². The van der Waals surface area contributed by atoms with Gasteiger partial charge in [-0.25, -0.2) is 0 Å². The van der Waals surface area contributed by atoms with Crippen LogP contribution in [0, 0.1) is 5.92 Å². The largest absolute Gasteiger partial charge is 0.507 e. The smallest absolute Gasteiger partial charge is 0.308 e. The Hall–Kier alpha value is -4.34. The van der Waals surface area contributed by atoms with E-state index in [-0.39, 0.29) is 40.4 Å². The van der Waals surface area contributed by atoms with Gasteiger partial charge in [0.05, 0.1) is 11.1 Å². The van der Waals surface area contributed by atoms with Gasteiger partial charge in [0.2, 0.25) is 0 Å². The minimum atomic E-state index is -1.08. The highest BCUT2D eigenvalue weighted by Gasteiger charge is 2.43. The first-order chi connectivity index (χ1) is 16.4. The van der Waals surface area contributed by atoms with Crippen LogP contribution < -0.4 is 15.4 Å². The summed E-state index contributed by atoms with van der Waals surface area (Å²) in [6.45, 7) is 2.27. The Bertz CT molecular complexity index is 1360. The number of ketones is 1. The maximum atomic E-state index is 13.7. The van der Waals surface area contributed by atoms with Crippen LogP contribution in [-0.2, 0) is 27.2 Å². The third kappa shape index (κ3) is 3.86. The zero-order valence-corrected chi connectivity index (χ0v) is 19.6. The number of nitrogens with two attached hydrogens (primary N) is 1. The van der Waals surface area contributed by atoms with Crippen LogP contribution in [0.1, 0.15) is 51.3 Å². The highest BCUT2D eigenvalue weighted by Crippen LogP contribution is 2.50. The summed E-state index contributed by atoms with van der Waals surface area (Å²) < 4.78 is 10.6. The Labute approximate surface area is 200 Å². The molecule has 0 saturated carbocycles. The monoisotopic (exact) mass is 480 g/mol. The number of aromatic hydroxyl groups is 2. The molecular formula is C25H24N2O8. The molecule has 2 aliphatic carbocycles. The molecular weight excluding hydrogens is 456 g/mol. The molecule has 1 atom stereocenters. The minimum absolute atomic E-state index is 0.0591. The van der Waals surface area contributed by atoms with E-state index in [0.29, 0.717) is 17.5 Å². The summed E-state index contributed by atoms with van der Waals surface area (Å²) in [5, 5.41) is 21.6. The molecule has 4 rings (SSSR count). The molecule has 0 bridgehead atoms. The van der Waals surface area contributed by atoms with Crippen LogP contribution >= 0.6 is 0 Å². The highest BCUT2D eigenvalue weighted by molar-refractivity contribution is 6.18. The van der Waals surface area contributed by atoms with Crippen molar-refractivity contribution in [3.8, 4) is 17.2 Å². The van der Waals surface area contributed by atoms with Gasteiger partial charge in [-0.2, -0.15) is 0 Å². The van der Waals surface area contributed by atoms with Gasteiger partial charge in [-0.15, -0.1) is 0 Å². The van der Waals surface area contributed by atoms with E-state index in [2.05, 4.69) is 0 Å². The number of phenolic OH excluding ortho intramolecular Hbond substituents is 1. The number of carbonyl (C=O) groups excluding carboxylic acids is 4. The number of nitrogens with zero attached hydrogens (tertiary/aromatic N) is 1. The molecule has 0 aromatic heterocycles. The molecule has 0 radical (unpaired) electrons. The fraction of sp³-hybridized carbons (Fsp3) is 0.280. The van der Waals surface area contributed by atoms with Gasteiger partial charge in [-0.3, -0.25) is 19.2 Å². The molecule has 182 valence electrons. The maximum absolute atomic E-state index is 13.7. The number of hydrogen-bond acceptors (Lipinski definition) is 9. The summed E-state index contributed by atoms with van der Waals surface area (Å²) in [5.41, 5.74) is 6.86. The van der Waals surface area contributed by atoms with Crippen molar-refractivity contribution in [2.24, 2.45) is 11.7 Å². The van der Waals surface area contributed by atoms with E-state index in [1.807, 2.05) is 19.0 Å². The summed E-state index contributed by atoms with van der Waals surface area (Å²) in [7, 11) is 3.63. The van der Waals surface area contributed by atoms with Gasteiger partial charge in [-0.1, -0.05) is 0 Å². The molecule has 0 fully saturated rings. The third-order valence-corrected chi connectivity index (χ3v) is 6.11. The molecule has 0 heterocycles. The molecule has 10 nitrogen and oxygen atoms in total. The highest BCUT2D eigenvalue weighted by atomic mass is 16.5. The van der Waals surface area contributed by atoms with Gasteiger partial charge in [0.25, 0.3) is 5.91 Å². The van der Waals surface area contributed by atoms with E-state index in [1.165, 1.54) is 12.1 Å². The lowest BCUT2D eigenvalue weighted by Crippen LogP contribution is -2.32. The van der Waals surface area contributed by atoms with Crippen LogP contribution in [0.4, 0.5) is 5.69 Å². The second-order valence-corrected chi connectivity index (χ2v) is 8.71. The van der Waals surface area contributed by atoms with Crippen molar-refractivity contribution in [3.63, 3.8) is 0 Å². The second-order valence-electron chi connectivity index (χ2n) is 8.71. The molecule has 0 saturated heterocycles. The van der Waals surface area contributed by atoms with Crippen molar-refractivity contribution in [2.75, 3.05) is 19.0 Å². The van der Waals surface area contributed by atoms with Crippen LogP contribution in [0.25, 0.3) is 5.76 Å². The van der Waals surface area contributed by atoms with E-state index >= 15 is 0 Å². The Morgan fingerprint density at radius 2 is 1.69 bits per heavy atom. The number of anilines is 1. The van der Waals surface area contributed by atoms with E-state index in [0.717, 1.165) is 19.5 Å². The number of phenols is 2. The predicted molar refractivity (Wildman–Crippen MR) is 124 cm³/mol. The molecule has 2 aromatic carbocycles. The lowest BCUT2D eigenvalue weighted by atomic mass is 9.70. The van der Waals surface area contributed by atoms with Crippen LogP contribution in [0.5, 0.6) is 17.2 Å². The van der Waals surface area contributed by atoms with Crippen molar-refractivity contribution in [1.82, 2.24) is 0 Å². The number of Topliss-reactive ketones (excluding diaryl/α,β-unsaturated/α-hetero) is 1. The van der Waals surface area contributed by atoms with Crippen molar-refractivity contribution in [2.45, 2.75) is 26.7 Å². The van der Waals surface area contributed by atoms with Gasteiger partial charge in [-0.05, 0) is 48.1 Å². The molecule has 0 aliphatic heterocycles. The first kappa shape index (κ1) is 23.8. The van der Waals surface area contributed by atoms with Gasteiger partial charge >= 0.3 is 11.9 Å². The number of ether oxygens (including phenoxy) is 2. The molecule has 1 amide bonds. The summed E-state index contributed by atoms with van der Waals surface area (Å²) in [4.78, 5) is 51.3. The average Bonchev–Trinajstić information content (AvgIpc) is 2.71. The Morgan fingerprint density at radius 1 is 1.03 bits per heavy atom. The van der Waals surface area contributed by atoms with E-state index in [1.54, 1.807) is 6.07 Å². The Morgan fingerprint density at radius 3 is 2.26 bits per heavy atom. The number of primary amides is 1. The summed E-state index contributed by atoms with van der Waals surface area (Å²) in [5.74, 6) is -4.95. The Balaban J connectivity index is 2.04. The van der Waals surface area contributed by atoms with Gasteiger partial charge in [0.1, 0.15) is 28.6 Å². The van der Waals surface area contributed by atoms with Crippen molar-refractivity contribution >= 4 is 35.1 Å². The van der Waals surface area contributed by atoms with Gasteiger partial charge in [0.15, 0.2) is 5.78 Å². The molecule has 2 aliphatic rings. The first-order valence-electron chi connectivity index (χ1n) is 10.8. The number of fused-ring (bicyclic) bond motifs is 3. The van der Waals surface area contributed by atoms with Crippen molar-refractivity contribution in [3.05, 3.63) is 51.6 Å². The molecule has 1 unspecified atom stereocenters. The maximum Gasteiger partial charge on any atom is 0.308 e. The summed E-state index contributed by atoms with van der Waals surface area (Å²) in [6.07, 6.45) is 0.522.